The van der Waals surface area contributed by atoms with Crippen LogP contribution >= 0.6 is 0 Å². The van der Waals surface area contributed by atoms with Crippen LogP contribution in [-0.2, 0) is 19.5 Å². The number of aryl methyl sites for hydroxylation is 3. The minimum absolute atomic E-state index is 0.507. The number of hydrogen-bond acceptors (Lipinski definition) is 2. The zero-order chi connectivity index (χ0) is 13.7. The first-order valence-electron chi connectivity index (χ1n) is 6.95. The molecule has 0 unspecified atom stereocenters. The van der Waals surface area contributed by atoms with Gasteiger partial charge in [-0.15, -0.1) is 0 Å². The molecule has 1 aromatic heterocycles. The van der Waals surface area contributed by atoms with E-state index in [0.717, 1.165) is 25.2 Å². The molecule has 2 aromatic rings. The summed E-state index contributed by atoms with van der Waals surface area (Å²) in [5.74, 6) is 0. The molecule has 1 N–H and O–H groups in total. The quantitative estimate of drug-likeness (QED) is 0.862. The lowest BCUT2D eigenvalue weighted by molar-refractivity contribution is 0.585. The molecule has 0 fully saturated rings. The van der Waals surface area contributed by atoms with E-state index in [2.05, 4.69) is 72.4 Å². The Kier molecular flexibility index (Phi) is 4.74. The van der Waals surface area contributed by atoms with Crippen LogP contribution in [0.15, 0.2) is 36.5 Å². The van der Waals surface area contributed by atoms with Crippen LogP contribution in [-0.4, -0.2) is 15.8 Å². The average molecular weight is 257 g/mol. The lowest BCUT2D eigenvalue weighted by Gasteiger charge is -2.06. The van der Waals surface area contributed by atoms with Gasteiger partial charge in [-0.3, -0.25) is 4.68 Å². The van der Waals surface area contributed by atoms with Crippen molar-refractivity contribution in [1.82, 2.24) is 15.1 Å². The summed E-state index contributed by atoms with van der Waals surface area (Å²) in [5.41, 5.74) is 3.78. The van der Waals surface area contributed by atoms with Crippen molar-refractivity contribution in [2.24, 2.45) is 0 Å². The summed E-state index contributed by atoms with van der Waals surface area (Å²) in [6.45, 7) is 8.24. The van der Waals surface area contributed by atoms with E-state index in [1.165, 1.54) is 11.1 Å². The van der Waals surface area contributed by atoms with Crippen LogP contribution in [0, 0.1) is 6.92 Å². The van der Waals surface area contributed by atoms with Gasteiger partial charge >= 0.3 is 0 Å². The van der Waals surface area contributed by atoms with Crippen LogP contribution in [0.4, 0.5) is 0 Å². The molecule has 0 saturated carbocycles. The average Bonchev–Trinajstić information content (AvgIpc) is 2.76. The van der Waals surface area contributed by atoms with Crippen LogP contribution in [0.3, 0.4) is 0 Å². The Hall–Kier alpha value is -1.61. The summed E-state index contributed by atoms with van der Waals surface area (Å²) in [6, 6.07) is 11.1. The molecule has 0 aliphatic carbocycles. The Bertz CT molecular complexity index is 500. The van der Waals surface area contributed by atoms with E-state index in [-0.39, 0.29) is 0 Å². The molecule has 1 aromatic carbocycles. The smallest absolute Gasteiger partial charge is 0.0638 e. The van der Waals surface area contributed by atoms with Crippen LogP contribution in [0.2, 0.25) is 0 Å². The van der Waals surface area contributed by atoms with E-state index in [1.807, 2.05) is 0 Å². The standard InChI is InChI=1S/C16H23N3/c1-13(2)17-11-16-12-19(18-14(16)3)10-9-15-7-5-4-6-8-15/h4-8,12-13,17H,9-11H2,1-3H3. The Balaban J connectivity index is 1.92. The summed E-state index contributed by atoms with van der Waals surface area (Å²) in [7, 11) is 0. The Morgan fingerprint density at radius 1 is 1.21 bits per heavy atom. The van der Waals surface area contributed by atoms with E-state index in [1.54, 1.807) is 0 Å². The highest BCUT2D eigenvalue weighted by Crippen LogP contribution is 2.07. The van der Waals surface area contributed by atoms with E-state index in [9.17, 15) is 0 Å². The topological polar surface area (TPSA) is 29.9 Å². The molecule has 102 valence electrons. The SMILES string of the molecule is Cc1nn(CCc2ccccc2)cc1CNC(C)C. The molecular weight excluding hydrogens is 234 g/mol. The van der Waals surface area contributed by atoms with E-state index >= 15 is 0 Å². The second-order valence-corrected chi connectivity index (χ2v) is 5.27. The lowest BCUT2D eigenvalue weighted by atomic mass is 10.1. The van der Waals surface area contributed by atoms with Crippen molar-refractivity contribution >= 4 is 0 Å². The number of aromatic nitrogens is 2. The van der Waals surface area contributed by atoms with Gasteiger partial charge in [-0.2, -0.15) is 5.10 Å². The van der Waals surface area contributed by atoms with Crippen LogP contribution in [0.1, 0.15) is 30.7 Å². The van der Waals surface area contributed by atoms with Gasteiger partial charge in [0.1, 0.15) is 0 Å². The molecule has 0 saturated heterocycles. The first-order valence-corrected chi connectivity index (χ1v) is 6.95. The largest absolute Gasteiger partial charge is 0.310 e. The minimum atomic E-state index is 0.507. The molecule has 0 aliphatic rings. The third kappa shape index (κ3) is 4.21. The van der Waals surface area contributed by atoms with Gasteiger partial charge in [-0.05, 0) is 18.9 Å². The van der Waals surface area contributed by atoms with Gasteiger partial charge in [-0.1, -0.05) is 44.2 Å². The maximum absolute atomic E-state index is 4.58. The van der Waals surface area contributed by atoms with Crippen molar-refractivity contribution in [2.45, 2.75) is 46.3 Å². The summed E-state index contributed by atoms with van der Waals surface area (Å²) in [6.07, 6.45) is 3.19. The van der Waals surface area contributed by atoms with Crippen molar-refractivity contribution in [1.29, 1.82) is 0 Å². The van der Waals surface area contributed by atoms with Crippen LogP contribution in [0.25, 0.3) is 0 Å². The van der Waals surface area contributed by atoms with Crippen molar-refractivity contribution in [3.05, 3.63) is 53.3 Å². The second-order valence-electron chi connectivity index (χ2n) is 5.27. The summed E-state index contributed by atoms with van der Waals surface area (Å²) in [5, 5.41) is 8.02. The number of rotatable bonds is 6. The van der Waals surface area contributed by atoms with Crippen molar-refractivity contribution < 1.29 is 0 Å². The zero-order valence-corrected chi connectivity index (χ0v) is 12.1. The summed E-state index contributed by atoms with van der Waals surface area (Å²) < 4.78 is 2.06. The lowest BCUT2D eigenvalue weighted by Crippen LogP contribution is -2.21. The van der Waals surface area contributed by atoms with Gasteiger partial charge in [0.25, 0.3) is 0 Å². The van der Waals surface area contributed by atoms with Crippen molar-refractivity contribution in [3.63, 3.8) is 0 Å². The maximum atomic E-state index is 4.58. The molecule has 0 aliphatic heterocycles. The van der Waals surface area contributed by atoms with Crippen LogP contribution < -0.4 is 5.32 Å². The Morgan fingerprint density at radius 2 is 1.95 bits per heavy atom. The number of benzene rings is 1. The predicted molar refractivity (Wildman–Crippen MR) is 79.1 cm³/mol. The highest BCUT2D eigenvalue weighted by molar-refractivity contribution is 5.17. The predicted octanol–water partition coefficient (Wildman–Crippen LogP) is 2.93. The maximum Gasteiger partial charge on any atom is 0.0638 e. The fourth-order valence-corrected chi connectivity index (χ4v) is 2.05. The highest BCUT2D eigenvalue weighted by Gasteiger charge is 2.05. The Labute approximate surface area is 115 Å². The van der Waals surface area contributed by atoms with Gasteiger partial charge in [0, 0.05) is 30.9 Å². The molecule has 19 heavy (non-hydrogen) atoms. The number of hydrogen-bond donors (Lipinski definition) is 1. The summed E-state index contributed by atoms with van der Waals surface area (Å²) in [4.78, 5) is 0. The molecule has 3 heteroatoms. The third-order valence-electron chi connectivity index (χ3n) is 3.22. The molecule has 0 amide bonds. The Morgan fingerprint density at radius 3 is 2.63 bits per heavy atom. The fraction of sp³-hybridized carbons (Fsp3) is 0.438. The summed E-state index contributed by atoms with van der Waals surface area (Å²) >= 11 is 0. The third-order valence-corrected chi connectivity index (χ3v) is 3.22. The molecule has 0 bridgehead atoms. The first kappa shape index (κ1) is 13.8. The van der Waals surface area contributed by atoms with Gasteiger partial charge in [0.05, 0.1) is 5.69 Å². The molecule has 1 heterocycles. The van der Waals surface area contributed by atoms with Crippen molar-refractivity contribution in [3.8, 4) is 0 Å². The van der Waals surface area contributed by atoms with E-state index in [0.29, 0.717) is 6.04 Å². The van der Waals surface area contributed by atoms with E-state index in [4.69, 9.17) is 0 Å². The fourth-order valence-electron chi connectivity index (χ4n) is 2.05. The van der Waals surface area contributed by atoms with Gasteiger partial charge < -0.3 is 5.32 Å². The molecular formula is C16H23N3. The molecule has 3 nitrogen and oxygen atoms in total. The highest BCUT2D eigenvalue weighted by atomic mass is 15.3. The van der Waals surface area contributed by atoms with E-state index < -0.39 is 0 Å². The van der Waals surface area contributed by atoms with Crippen LogP contribution in [0.5, 0.6) is 0 Å². The molecule has 0 radical (unpaired) electrons. The zero-order valence-electron chi connectivity index (χ0n) is 12.1. The normalized spacial score (nSPS) is 11.2. The monoisotopic (exact) mass is 257 g/mol. The second kappa shape index (κ2) is 6.53. The van der Waals surface area contributed by atoms with Crippen molar-refractivity contribution in [2.75, 3.05) is 0 Å². The first-order chi connectivity index (χ1) is 9.15. The number of nitrogens with zero attached hydrogens (tertiary/aromatic N) is 2. The molecule has 2 rings (SSSR count). The minimum Gasteiger partial charge on any atom is -0.310 e. The van der Waals surface area contributed by atoms with Gasteiger partial charge in [-0.25, -0.2) is 0 Å². The molecule has 0 atom stereocenters. The number of nitrogens with one attached hydrogen (secondary N) is 1. The van der Waals surface area contributed by atoms with Gasteiger partial charge in [0.15, 0.2) is 0 Å². The molecule has 0 spiro atoms. The van der Waals surface area contributed by atoms with Gasteiger partial charge in [0.2, 0.25) is 0 Å².